The average molecular weight is 354 g/mol. The molecule has 0 aromatic heterocycles. The summed E-state index contributed by atoms with van der Waals surface area (Å²) < 4.78 is 19.2. The number of benzene rings is 1. The zero-order valence-electron chi connectivity index (χ0n) is 15.3. The highest BCUT2D eigenvalue weighted by Crippen LogP contribution is 2.38. The molecule has 1 aromatic rings. The molecule has 3 nitrogen and oxygen atoms in total. The van der Waals surface area contributed by atoms with Gasteiger partial charge >= 0.3 is 0 Å². The van der Waals surface area contributed by atoms with Crippen LogP contribution in [-0.4, -0.2) is 37.0 Å². The molecule has 0 bridgehead atoms. The lowest BCUT2D eigenvalue weighted by Crippen LogP contribution is -2.48. The van der Waals surface area contributed by atoms with E-state index >= 15 is 0 Å². The van der Waals surface area contributed by atoms with Gasteiger partial charge < -0.3 is 9.74 Å². The van der Waals surface area contributed by atoms with Crippen LogP contribution in [0.2, 0.25) is 18.1 Å². The molecular formula is C18H31NO2SSi. The predicted octanol–water partition coefficient (Wildman–Crippen LogP) is 3.85. The molecule has 3 atom stereocenters. The van der Waals surface area contributed by atoms with Crippen LogP contribution in [0.3, 0.4) is 0 Å². The van der Waals surface area contributed by atoms with Gasteiger partial charge in [0.05, 0.1) is 16.9 Å². The van der Waals surface area contributed by atoms with Crippen molar-refractivity contribution < 1.29 is 8.63 Å². The molecule has 0 spiro atoms. The zero-order chi connectivity index (χ0) is 17.3. The molecule has 0 amide bonds. The first-order valence-corrected chi connectivity index (χ1v) is 12.7. The molecule has 1 aliphatic heterocycles. The molecule has 1 fully saturated rings. The number of aryl methyl sites for hydroxylation is 1. The fourth-order valence-corrected chi connectivity index (χ4v) is 5.24. The maximum absolute atomic E-state index is 12.6. The lowest BCUT2D eigenvalue weighted by atomic mass is 10.2. The molecule has 1 saturated heterocycles. The summed E-state index contributed by atoms with van der Waals surface area (Å²) in [7, 11) is -2.77. The number of rotatable bonds is 5. The van der Waals surface area contributed by atoms with Gasteiger partial charge in [0.1, 0.15) is 0 Å². The van der Waals surface area contributed by atoms with Gasteiger partial charge in [0.2, 0.25) is 0 Å². The van der Waals surface area contributed by atoms with Gasteiger partial charge in [0.15, 0.2) is 8.32 Å². The monoisotopic (exact) mass is 353 g/mol. The molecule has 1 aromatic carbocycles. The highest BCUT2D eigenvalue weighted by molar-refractivity contribution is 7.85. The van der Waals surface area contributed by atoms with Gasteiger partial charge in [-0.25, -0.2) is 0 Å². The SMILES string of the molecule is Cc1ccc([S@](=O)C[C@H]2NCC[C@H]2O[Si](C)(C)C(C)(C)C)cc1. The van der Waals surface area contributed by atoms with Gasteiger partial charge in [-0.2, -0.15) is 0 Å². The first kappa shape index (κ1) is 18.8. The first-order valence-electron chi connectivity index (χ1n) is 8.46. The Kier molecular flexibility index (Phi) is 5.88. The minimum Gasteiger partial charge on any atom is -0.412 e. The van der Waals surface area contributed by atoms with Crippen LogP contribution in [0.15, 0.2) is 29.2 Å². The van der Waals surface area contributed by atoms with E-state index in [0.717, 1.165) is 17.9 Å². The van der Waals surface area contributed by atoms with E-state index in [1.807, 2.05) is 31.2 Å². The van der Waals surface area contributed by atoms with Crippen LogP contribution in [-0.2, 0) is 15.2 Å². The van der Waals surface area contributed by atoms with E-state index in [0.29, 0.717) is 5.75 Å². The summed E-state index contributed by atoms with van der Waals surface area (Å²) >= 11 is 0. The number of hydrogen-bond acceptors (Lipinski definition) is 3. The molecule has 0 radical (unpaired) electrons. The molecule has 1 aliphatic rings. The van der Waals surface area contributed by atoms with Crippen LogP contribution in [0.25, 0.3) is 0 Å². The number of nitrogens with one attached hydrogen (secondary N) is 1. The highest BCUT2D eigenvalue weighted by atomic mass is 32.2. The van der Waals surface area contributed by atoms with Crippen molar-refractivity contribution in [3.8, 4) is 0 Å². The third kappa shape index (κ3) is 4.75. The topological polar surface area (TPSA) is 38.3 Å². The van der Waals surface area contributed by atoms with Crippen LogP contribution in [0, 0.1) is 6.92 Å². The Morgan fingerprint density at radius 2 is 1.87 bits per heavy atom. The van der Waals surface area contributed by atoms with Crippen molar-refractivity contribution in [1.82, 2.24) is 5.32 Å². The molecule has 1 N–H and O–H groups in total. The summed E-state index contributed by atoms with van der Waals surface area (Å²) in [6.07, 6.45) is 1.20. The Bertz CT molecular complexity index is 551. The van der Waals surface area contributed by atoms with E-state index in [9.17, 15) is 4.21 Å². The van der Waals surface area contributed by atoms with E-state index < -0.39 is 19.1 Å². The third-order valence-corrected chi connectivity index (χ3v) is 11.1. The molecule has 2 rings (SSSR count). The lowest BCUT2D eigenvalue weighted by molar-refractivity contribution is 0.173. The van der Waals surface area contributed by atoms with Crippen LogP contribution < -0.4 is 5.32 Å². The summed E-state index contributed by atoms with van der Waals surface area (Å²) in [6.45, 7) is 14.4. The minimum atomic E-state index is -1.79. The van der Waals surface area contributed by atoms with Crippen molar-refractivity contribution in [2.75, 3.05) is 12.3 Å². The standard InChI is InChI=1S/C18H31NO2SSi/c1-14-7-9-15(10-8-14)22(20)13-16-17(11-12-19-16)21-23(5,6)18(2,3)4/h7-10,16-17,19H,11-13H2,1-6H3/t16-,17-,22-/m1/s1. The Morgan fingerprint density at radius 3 is 2.43 bits per heavy atom. The second-order valence-electron chi connectivity index (χ2n) is 8.09. The van der Waals surface area contributed by atoms with Crippen molar-refractivity contribution in [2.45, 2.75) is 69.3 Å². The van der Waals surface area contributed by atoms with E-state index in [1.54, 1.807) is 0 Å². The van der Waals surface area contributed by atoms with E-state index in [1.165, 1.54) is 5.56 Å². The van der Waals surface area contributed by atoms with Gasteiger partial charge in [0, 0.05) is 16.7 Å². The fraction of sp³-hybridized carbons (Fsp3) is 0.667. The van der Waals surface area contributed by atoms with E-state index in [-0.39, 0.29) is 17.2 Å². The minimum absolute atomic E-state index is 0.185. The summed E-state index contributed by atoms with van der Waals surface area (Å²) in [4.78, 5) is 0.912. The van der Waals surface area contributed by atoms with Gasteiger partial charge in [0.25, 0.3) is 0 Å². The van der Waals surface area contributed by atoms with Gasteiger partial charge in [-0.3, -0.25) is 4.21 Å². The summed E-state index contributed by atoms with van der Waals surface area (Å²) in [6, 6.07) is 8.19. The van der Waals surface area contributed by atoms with E-state index in [2.05, 4.69) is 39.2 Å². The molecule has 0 aliphatic carbocycles. The van der Waals surface area contributed by atoms with Crippen LogP contribution >= 0.6 is 0 Å². The molecule has 0 saturated carbocycles. The lowest BCUT2D eigenvalue weighted by Gasteiger charge is -2.39. The largest absolute Gasteiger partial charge is 0.412 e. The molecule has 130 valence electrons. The highest BCUT2D eigenvalue weighted by Gasteiger charge is 2.42. The molecular weight excluding hydrogens is 322 g/mol. The van der Waals surface area contributed by atoms with Crippen LogP contribution in [0.5, 0.6) is 0 Å². The van der Waals surface area contributed by atoms with E-state index in [4.69, 9.17) is 4.43 Å². The van der Waals surface area contributed by atoms with Crippen LogP contribution in [0.1, 0.15) is 32.8 Å². The molecule has 23 heavy (non-hydrogen) atoms. The Hall–Kier alpha value is -0.493. The van der Waals surface area contributed by atoms with Crippen LogP contribution in [0.4, 0.5) is 0 Å². The third-order valence-electron chi connectivity index (χ3n) is 5.15. The molecule has 1 heterocycles. The summed E-state index contributed by atoms with van der Waals surface area (Å²) in [5.41, 5.74) is 1.20. The predicted molar refractivity (Wildman–Crippen MR) is 101 cm³/mol. The Morgan fingerprint density at radius 1 is 1.26 bits per heavy atom. The smallest absolute Gasteiger partial charge is 0.192 e. The first-order chi connectivity index (χ1) is 10.6. The van der Waals surface area contributed by atoms with Gasteiger partial charge in [-0.1, -0.05) is 38.5 Å². The van der Waals surface area contributed by atoms with Crippen molar-refractivity contribution in [1.29, 1.82) is 0 Å². The maximum Gasteiger partial charge on any atom is 0.192 e. The zero-order valence-corrected chi connectivity index (χ0v) is 17.1. The Labute approximate surface area is 144 Å². The van der Waals surface area contributed by atoms with Crippen molar-refractivity contribution in [2.24, 2.45) is 0 Å². The summed E-state index contributed by atoms with van der Waals surface area (Å²) in [5.74, 6) is 0.627. The summed E-state index contributed by atoms with van der Waals surface area (Å²) in [5, 5.41) is 3.70. The van der Waals surface area contributed by atoms with Gasteiger partial charge in [-0.05, 0) is 50.2 Å². The average Bonchev–Trinajstić information content (AvgIpc) is 2.84. The van der Waals surface area contributed by atoms with Crippen molar-refractivity contribution in [3.63, 3.8) is 0 Å². The maximum atomic E-state index is 12.6. The fourth-order valence-electron chi connectivity index (χ4n) is 2.56. The second-order valence-corrected chi connectivity index (χ2v) is 14.3. The second kappa shape index (κ2) is 7.17. The molecule has 0 unspecified atom stereocenters. The van der Waals surface area contributed by atoms with Crippen molar-refractivity contribution in [3.05, 3.63) is 29.8 Å². The normalized spacial score (nSPS) is 23.9. The molecule has 5 heteroatoms. The van der Waals surface area contributed by atoms with Crippen molar-refractivity contribution >= 4 is 19.1 Å². The Balaban J connectivity index is 2.02. The number of hydrogen-bond donors (Lipinski definition) is 1. The quantitative estimate of drug-likeness (QED) is 0.817. The van der Waals surface area contributed by atoms with Gasteiger partial charge in [-0.15, -0.1) is 0 Å².